The monoisotopic (exact) mass is 225 g/mol. The zero-order chi connectivity index (χ0) is 10.6. The number of hydrogen-bond donors (Lipinski definition) is 2. The van der Waals surface area contributed by atoms with E-state index in [1.807, 2.05) is 0 Å². The first-order chi connectivity index (χ1) is 6.49. The fraction of sp³-hybridized carbons (Fsp3) is 1.00. The van der Waals surface area contributed by atoms with Crippen molar-refractivity contribution in [1.29, 1.82) is 0 Å². The minimum atomic E-state index is -3.88. The number of hydrogen-bond acceptors (Lipinski definition) is 5. The van der Waals surface area contributed by atoms with Gasteiger partial charge in [-0.1, -0.05) is 0 Å². The van der Waals surface area contributed by atoms with Crippen LogP contribution in [0.2, 0.25) is 0 Å². The number of aliphatic hydroxyl groups is 1. The Morgan fingerprint density at radius 1 is 1.50 bits per heavy atom. The molecule has 1 aliphatic rings. The summed E-state index contributed by atoms with van der Waals surface area (Å²) in [6.45, 7) is 1.84. The molecule has 2 N–H and O–H groups in total. The summed E-state index contributed by atoms with van der Waals surface area (Å²) in [6, 6.07) is 0. The highest BCUT2D eigenvalue weighted by molar-refractivity contribution is 7.85. The van der Waals surface area contributed by atoms with E-state index in [9.17, 15) is 13.5 Å². The third-order valence-corrected chi connectivity index (χ3v) is 2.86. The Labute approximate surface area is 83.2 Å². The molecule has 0 saturated carbocycles. The Bertz CT molecular complexity index is 265. The fourth-order valence-electron chi connectivity index (χ4n) is 1.34. The van der Waals surface area contributed by atoms with Crippen LogP contribution in [0.1, 0.15) is 6.42 Å². The van der Waals surface area contributed by atoms with Crippen LogP contribution in [0.15, 0.2) is 0 Å². The zero-order valence-corrected chi connectivity index (χ0v) is 8.61. The molecule has 0 spiro atoms. The van der Waals surface area contributed by atoms with Gasteiger partial charge in [-0.05, 0) is 6.42 Å². The molecule has 0 bridgehead atoms. The van der Waals surface area contributed by atoms with E-state index in [0.717, 1.165) is 0 Å². The second kappa shape index (κ2) is 5.04. The van der Waals surface area contributed by atoms with Crippen molar-refractivity contribution in [2.75, 3.05) is 32.1 Å². The molecule has 0 aromatic rings. The highest BCUT2D eigenvalue weighted by Crippen LogP contribution is 2.04. The van der Waals surface area contributed by atoms with E-state index in [-0.39, 0.29) is 12.4 Å². The van der Waals surface area contributed by atoms with Crippen molar-refractivity contribution in [3.63, 3.8) is 0 Å². The average molecular weight is 225 g/mol. The van der Waals surface area contributed by atoms with Gasteiger partial charge in [0.1, 0.15) is 6.23 Å². The lowest BCUT2D eigenvalue weighted by atomic mass is 10.3. The molecule has 14 heavy (non-hydrogen) atoms. The summed E-state index contributed by atoms with van der Waals surface area (Å²) in [7, 11) is -3.88. The Kier molecular flexibility index (Phi) is 4.27. The van der Waals surface area contributed by atoms with Gasteiger partial charge in [-0.15, -0.1) is 0 Å². The van der Waals surface area contributed by atoms with E-state index < -0.39 is 16.3 Å². The van der Waals surface area contributed by atoms with Crippen molar-refractivity contribution in [2.45, 2.75) is 12.6 Å². The van der Waals surface area contributed by atoms with Gasteiger partial charge in [-0.25, -0.2) is 0 Å². The first-order valence-corrected chi connectivity index (χ1v) is 6.05. The van der Waals surface area contributed by atoms with Gasteiger partial charge in [-0.3, -0.25) is 9.45 Å². The maximum Gasteiger partial charge on any atom is 0.264 e. The van der Waals surface area contributed by atoms with Crippen LogP contribution in [0, 0.1) is 0 Å². The maximum absolute atomic E-state index is 10.4. The van der Waals surface area contributed by atoms with Crippen LogP contribution < -0.4 is 0 Å². The molecule has 1 saturated heterocycles. The minimum Gasteiger partial charge on any atom is -0.376 e. The highest BCUT2D eigenvalue weighted by atomic mass is 32.2. The molecular formula is C7H15NO5S. The topological polar surface area (TPSA) is 87.1 Å². The van der Waals surface area contributed by atoms with E-state index in [2.05, 4.69) is 0 Å². The summed E-state index contributed by atoms with van der Waals surface area (Å²) in [6.07, 6.45) is -0.347. The normalized spacial score (nSPS) is 25.1. The molecule has 6 nitrogen and oxygen atoms in total. The van der Waals surface area contributed by atoms with Crippen molar-refractivity contribution < 1.29 is 22.8 Å². The average Bonchev–Trinajstić information content (AvgIpc) is 2.06. The van der Waals surface area contributed by atoms with Crippen molar-refractivity contribution >= 4 is 10.1 Å². The molecule has 1 unspecified atom stereocenters. The van der Waals surface area contributed by atoms with Gasteiger partial charge in [-0.2, -0.15) is 8.42 Å². The van der Waals surface area contributed by atoms with Crippen molar-refractivity contribution in [3.8, 4) is 0 Å². The summed E-state index contributed by atoms with van der Waals surface area (Å²) in [5, 5.41) is 9.39. The molecule has 1 fully saturated rings. The van der Waals surface area contributed by atoms with Crippen LogP contribution in [-0.4, -0.2) is 61.3 Å². The second-order valence-electron chi connectivity index (χ2n) is 3.23. The van der Waals surface area contributed by atoms with Gasteiger partial charge in [0, 0.05) is 13.1 Å². The minimum absolute atomic E-state index is 0.256. The van der Waals surface area contributed by atoms with Crippen LogP contribution >= 0.6 is 0 Å². The lowest BCUT2D eigenvalue weighted by Crippen LogP contribution is -2.45. The third kappa shape index (κ3) is 4.34. The second-order valence-corrected chi connectivity index (χ2v) is 4.80. The standard InChI is InChI=1S/C7H15NO5S/c9-7-6-13-4-3-8(7)2-1-5-14(10,11)12/h7,9H,1-6H2,(H,10,11,12). The number of ether oxygens (including phenoxy) is 1. The zero-order valence-electron chi connectivity index (χ0n) is 7.79. The SMILES string of the molecule is O=S(=O)(O)CCCN1CCOCC1O. The molecule has 1 atom stereocenters. The van der Waals surface area contributed by atoms with E-state index in [0.29, 0.717) is 26.1 Å². The molecule has 1 heterocycles. The Morgan fingerprint density at radius 3 is 2.79 bits per heavy atom. The molecule has 0 aromatic carbocycles. The first kappa shape index (κ1) is 11.9. The molecule has 1 rings (SSSR count). The Balaban J connectivity index is 2.23. The van der Waals surface area contributed by atoms with E-state index in [1.165, 1.54) is 0 Å². The molecule has 0 aromatic heterocycles. The quantitative estimate of drug-likeness (QED) is 0.591. The molecular weight excluding hydrogens is 210 g/mol. The Hall–Kier alpha value is -0.210. The Morgan fingerprint density at radius 2 is 2.21 bits per heavy atom. The van der Waals surface area contributed by atoms with Crippen molar-refractivity contribution in [1.82, 2.24) is 4.90 Å². The summed E-state index contributed by atoms with van der Waals surface area (Å²) >= 11 is 0. The van der Waals surface area contributed by atoms with Crippen LogP contribution in [0.4, 0.5) is 0 Å². The lowest BCUT2D eigenvalue weighted by molar-refractivity contribution is -0.105. The predicted molar refractivity (Wildman–Crippen MR) is 49.4 cm³/mol. The van der Waals surface area contributed by atoms with Crippen LogP contribution in [0.25, 0.3) is 0 Å². The fourth-order valence-corrected chi connectivity index (χ4v) is 1.83. The largest absolute Gasteiger partial charge is 0.376 e. The van der Waals surface area contributed by atoms with Gasteiger partial charge in [0.05, 0.1) is 19.0 Å². The third-order valence-electron chi connectivity index (χ3n) is 2.06. The number of aliphatic hydroxyl groups excluding tert-OH is 1. The molecule has 84 valence electrons. The molecule has 0 radical (unpaired) electrons. The first-order valence-electron chi connectivity index (χ1n) is 4.44. The molecule has 0 amide bonds. The van der Waals surface area contributed by atoms with Crippen LogP contribution in [0.3, 0.4) is 0 Å². The predicted octanol–water partition coefficient (Wildman–Crippen LogP) is -1.09. The van der Waals surface area contributed by atoms with Gasteiger partial charge in [0.25, 0.3) is 10.1 Å². The van der Waals surface area contributed by atoms with Gasteiger partial charge in [0.15, 0.2) is 0 Å². The molecule has 0 aliphatic carbocycles. The summed E-state index contributed by atoms with van der Waals surface area (Å²) in [5.74, 6) is -0.267. The number of rotatable bonds is 4. The smallest absolute Gasteiger partial charge is 0.264 e. The summed E-state index contributed by atoms with van der Waals surface area (Å²) in [5.41, 5.74) is 0. The van der Waals surface area contributed by atoms with E-state index >= 15 is 0 Å². The number of nitrogens with zero attached hydrogens (tertiary/aromatic N) is 1. The van der Waals surface area contributed by atoms with Crippen molar-refractivity contribution in [2.24, 2.45) is 0 Å². The summed E-state index contributed by atoms with van der Waals surface area (Å²) < 4.78 is 34.3. The highest BCUT2D eigenvalue weighted by Gasteiger charge is 2.20. The van der Waals surface area contributed by atoms with Crippen LogP contribution in [-0.2, 0) is 14.9 Å². The molecule has 7 heteroatoms. The van der Waals surface area contributed by atoms with Gasteiger partial charge >= 0.3 is 0 Å². The molecule has 1 aliphatic heterocycles. The van der Waals surface area contributed by atoms with E-state index in [1.54, 1.807) is 4.90 Å². The lowest BCUT2D eigenvalue weighted by Gasteiger charge is -2.31. The van der Waals surface area contributed by atoms with Gasteiger partial charge < -0.3 is 9.84 Å². The van der Waals surface area contributed by atoms with E-state index in [4.69, 9.17) is 9.29 Å². The maximum atomic E-state index is 10.4. The van der Waals surface area contributed by atoms with Gasteiger partial charge in [0.2, 0.25) is 0 Å². The van der Waals surface area contributed by atoms with Crippen LogP contribution in [0.5, 0.6) is 0 Å². The number of morpholine rings is 1. The summed E-state index contributed by atoms with van der Waals surface area (Å²) in [4.78, 5) is 1.73. The van der Waals surface area contributed by atoms with Crippen molar-refractivity contribution in [3.05, 3.63) is 0 Å².